The van der Waals surface area contributed by atoms with Crippen LogP contribution in [-0.2, 0) is 22.6 Å². The number of unbranched alkanes of at least 4 members (excludes halogenated alkanes) is 1. The molecule has 0 aromatic heterocycles. The number of nitrogens with zero attached hydrogens (tertiary/aromatic N) is 1. The average molecular weight is 602 g/mol. The van der Waals surface area contributed by atoms with Gasteiger partial charge in [0.05, 0.1) is 0 Å². The van der Waals surface area contributed by atoms with Crippen molar-refractivity contribution in [3.63, 3.8) is 0 Å². The fourth-order valence-corrected chi connectivity index (χ4v) is 5.18. The Morgan fingerprint density at radius 2 is 1.65 bits per heavy atom. The molecule has 37 heavy (non-hydrogen) atoms. The van der Waals surface area contributed by atoms with Crippen LogP contribution in [0.3, 0.4) is 0 Å². The highest BCUT2D eigenvalue weighted by molar-refractivity contribution is 9.10. The first-order chi connectivity index (χ1) is 18.0. The Kier molecular flexibility index (Phi) is 12.5. The van der Waals surface area contributed by atoms with Gasteiger partial charge in [0.15, 0.2) is 0 Å². The number of rotatable bonds is 14. The third-order valence-electron chi connectivity index (χ3n) is 5.98. The third-order valence-corrected chi connectivity index (χ3v) is 7.86. The first-order valence-electron chi connectivity index (χ1n) is 12.7. The maximum atomic E-state index is 13.6. The van der Waals surface area contributed by atoms with E-state index in [-0.39, 0.29) is 11.8 Å². The van der Waals surface area contributed by atoms with Crippen molar-refractivity contribution >= 4 is 51.1 Å². The Morgan fingerprint density at radius 1 is 0.946 bits per heavy atom. The minimum absolute atomic E-state index is 0.00815. The SMILES string of the molecule is CCCCNC(=O)[C@H](Cc1ccccc1)N(Cc1ccc(Br)cc1)C(=O)CCCSc1ccc(Cl)cc1. The van der Waals surface area contributed by atoms with Crippen LogP contribution in [-0.4, -0.2) is 35.1 Å². The van der Waals surface area contributed by atoms with Crippen molar-refractivity contribution < 1.29 is 9.59 Å². The number of hydrogen-bond acceptors (Lipinski definition) is 3. The second-order valence-corrected chi connectivity index (χ2v) is 11.4. The zero-order chi connectivity index (χ0) is 26.5. The van der Waals surface area contributed by atoms with Gasteiger partial charge in [-0.05, 0) is 66.1 Å². The van der Waals surface area contributed by atoms with Crippen molar-refractivity contribution in [2.45, 2.75) is 56.5 Å². The van der Waals surface area contributed by atoms with Gasteiger partial charge in [0.2, 0.25) is 11.8 Å². The van der Waals surface area contributed by atoms with Crippen molar-refractivity contribution in [3.05, 3.63) is 99.5 Å². The zero-order valence-electron chi connectivity index (χ0n) is 21.2. The number of halogens is 2. The Balaban J connectivity index is 1.76. The van der Waals surface area contributed by atoms with E-state index in [1.165, 1.54) is 0 Å². The van der Waals surface area contributed by atoms with Gasteiger partial charge in [-0.1, -0.05) is 83.3 Å². The summed E-state index contributed by atoms with van der Waals surface area (Å²) < 4.78 is 0.978. The maximum Gasteiger partial charge on any atom is 0.243 e. The number of hydrogen-bond donors (Lipinski definition) is 1. The topological polar surface area (TPSA) is 49.4 Å². The predicted molar refractivity (Wildman–Crippen MR) is 158 cm³/mol. The van der Waals surface area contributed by atoms with E-state index in [0.717, 1.165) is 45.5 Å². The highest BCUT2D eigenvalue weighted by Crippen LogP contribution is 2.23. The van der Waals surface area contributed by atoms with Gasteiger partial charge in [0, 0.05) is 40.3 Å². The first-order valence-corrected chi connectivity index (χ1v) is 14.9. The molecule has 1 atom stereocenters. The summed E-state index contributed by atoms with van der Waals surface area (Å²) in [6.45, 7) is 3.09. The second kappa shape index (κ2) is 15.9. The number of carbonyl (C=O) groups excluding carboxylic acids is 2. The number of nitrogens with one attached hydrogen (secondary N) is 1. The molecule has 0 aliphatic carbocycles. The molecular weight excluding hydrogens is 568 g/mol. The van der Waals surface area contributed by atoms with Crippen molar-refractivity contribution in [2.75, 3.05) is 12.3 Å². The molecule has 196 valence electrons. The van der Waals surface area contributed by atoms with Crippen molar-refractivity contribution in [2.24, 2.45) is 0 Å². The lowest BCUT2D eigenvalue weighted by molar-refractivity contribution is -0.141. The normalized spacial score (nSPS) is 11.6. The van der Waals surface area contributed by atoms with Crippen LogP contribution in [0.4, 0.5) is 0 Å². The Hall–Kier alpha value is -2.28. The van der Waals surface area contributed by atoms with Gasteiger partial charge in [-0.15, -0.1) is 11.8 Å². The lowest BCUT2D eigenvalue weighted by Crippen LogP contribution is -2.50. The maximum absolute atomic E-state index is 13.6. The van der Waals surface area contributed by atoms with Gasteiger partial charge in [-0.3, -0.25) is 9.59 Å². The molecule has 7 heteroatoms. The molecule has 0 saturated carbocycles. The van der Waals surface area contributed by atoms with Gasteiger partial charge in [-0.25, -0.2) is 0 Å². The van der Waals surface area contributed by atoms with Gasteiger partial charge < -0.3 is 10.2 Å². The Labute approximate surface area is 238 Å². The van der Waals surface area contributed by atoms with E-state index in [0.29, 0.717) is 31.0 Å². The van der Waals surface area contributed by atoms with Crippen LogP contribution < -0.4 is 5.32 Å². The molecule has 0 saturated heterocycles. The quantitative estimate of drug-likeness (QED) is 0.153. The number of amides is 2. The summed E-state index contributed by atoms with van der Waals surface area (Å²) in [6.07, 6.45) is 3.48. The summed E-state index contributed by atoms with van der Waals surface area (Å²) in [5.74, 6) is 0.704. The molecule has 3 aromatic rings. The number of thioether (sulfide) groups is 1. The summed E-state index contributed by atoms with van der Waals surface area (Å²) in [5, 5.41) is 3.79. The molecule has 0 unspecified atom stereocenters. The van der Waals surface area contributed by atoms with Crippen LogP contribution in [0, 0.1) is 0 Å². The van der Waals surface area contributed by atoms with E-state index in [1.807, 2.05) is 78.9 Å². The van der Waals surface area contributed by atoms with Crippen LogP contribution in [0.25, 0.3) is 0 Å². The monoisotopic (exact) mass is 600 g/mol. The Bertz CT molecular complexity index is 1110. The van der Waals surface area contributed by atoms with E-state index in [1.54, 1.807) is 16.7 Å². The van der Waals surface area contributed by atoms with Crippen LogP contribution in [0.5, 0.6) is 0 Å². The Morgan fingerprint density at radius 3 is 2.32 bits per heavy atom. The summed E-state index contributed by atoms with van der Waals surface area (Å²) in [7, 11) is 0. The fourth-order valence-electron chi connectivity index (χ4n) is 3.93. The van der Waals surface area contributed by atoms with Crippen molar-refractivity contribution in [3.8, 4) is 0 Å². The summed E-state index contributed by atoms with van der Waals surface area (Å²) in [4.78, 5) is 30.0. The molecule has 2 amide bonds. The molecule has 0 bridgehead atoms. The highest BCUT2D eigenvalue weighted by Gasteiger charge is 2.30. The van der Waals surface area contributed by atoms with Crippen molar-refractivity contribution in [1.29, 1.82) is 0 Å². The fraction of sp³-hybridized carbons (Fsp3) is 0.333. The molecule has 0 heterocycles. The largest absolute Gasteiger partial charge is 0.354 e. The molecule has 4 nitrogen and oxygen atoms in total. The summed E-state index contributed by atoms with van der Waals surface area (Å²) in [5.41, 5.74) is 2.02. The van der Waals surface area contributed by atoms with E-state index in [2.05, 4.69) is 28.2 Å². The smallest absolute Gasteiger partial charge is 0.243 e. The summed E-state index contributed by atoms with van der Waals surface area (Å²) >= 11 is 11.2. The van der Waals surface area contributed by atoms with E-state index >= 15 is 0 Å². The summed E-state index contributed by atoms with van der Waals surface area (Å²) in [6, 6.07) is 25.0. The van der Waals surface area contributed by atoms with Crippen LogP contribution in [0.15, 0.2) is 88.2 Å². The average Bonchev–Trinajstić information content (AvgIpc) is 2.91. The minimum atomic E-state index is -0.584. The van der Waals surface area contributed by atoms with Gasteiger partial charge in [0.1, 0.15) is 6.04 Å². The molecule has 0 aliphatic heterocycles. The molecule has 0 aliphatic rings. The molecule has 1 N–H and O–H groups in total. The number of benzene rings is 3. The van der Waals surface area contributed by atoms with E-state index in [9.17, 15) is 9.59 Å². The standard InChI is InChI=1S/C30H34BrClN2O2S/c1-2-3-19-33-30(36)28(21-23-8-5-4-6-9-23)34(22-24-11-13-25(31)14-12-24)29(35)10-7-20-37-27-17-15-26(32)16-18-27/h4-6,8-9,11-18,28H,2-3,7,10,19-22H2,1H3,(H,33,36)/t28-/m0/s1. The molecular formula is C30H34BrClN2O2S. The third kappa shape index (κ3) is 10.2. The van der Waals surface area contributed by atoms with E-state index < -0.39 is 6.04 Å². The number of carbonyl (C=O) groups is 2. The van der Waals surface area contributed by atoms with Crippen LogP contribution >= 0.6 is 39.3 Å². The molecule has 0 spiro atoms. The molecule has 0 radical (unpaired) electrons. The van der Waals surface area contributed by atoms with Crippen LogP contribution in [0.1, 0.15) is 43.7 Å². The van der Waals surface area contributed by atoms with Gasteiger partial charge >= 0.3 is 0 Å². The predicted octanol–water partition coefficient (Wildman–Crippen LogP) is 7.53. The second-order valence-electron chi connectivity index (χ2n) is 8.90. The first kappa shape index (κ1) is 29.3. The van der Waals surface area contributed by atoms with Crippen LogP contribution in [0.2, 0.25) is 5.02 Å². The molecule has 0 fully saturated rings. The molecule has 3 rings (SSSR count). The van der Waals surface area contributed by atoms with Gasteiger partial charge in [-0.2, -0.15) is 0 Å². The lowest BCUT2D eigenvalue weighted by Gasteiger charge is -2.31. The zero-order valence-corrected chi connectivity index (χ0v) is 24.3. The lowest BCUT2D eigenvalue weighted by atomic mass is 10.0. The van der Waals surface area contributed by atoms with Gasteiger partial charge in [0.25, 0.3) is 0 Å². The minimum Gasteiger partial charge on any atom is -0.354 e. The van der Waals surface area contributed by atoms with E-state index in [4.69, 9.17) is 11.6 Å². The highest BCUT2D eigenvalue weighted by atomic mass is 79.9. The molecule has 3 aromatic carbocycles. The van der Waals surface area contributed by atoms with Crippen molar-refractivity contribution in [1.82, 2.24) is 10.2 Å².